The number of nitrogens with zero attached hydrogens (tertiary/aromatic N) is 1. The minimum Gasteiger partial charge on any atom is -0.345 e. The van der Waals surface area contributed by atoms with E-state index in [1.165, 1.54) is 31.5 Å². The first-order chi connectivity index (χ1) is 13.6. The van der Waals surface area contributed by atoms with Crippen LogP contribution in [0.1, 0.15) is 57.3 Å². The van der Waals surface area contributed by atoms with Crippen LogP contribution in [0, 0.1) is 0 Å². The third-order valence-corrected chi connectivity index (χ3v) is 6.66. The molecule has 1 aromatic heterocycles. The molecule has 3 atom stereocenters. The summed E-state index contributed by atoms with van der Waals surface area (Å²) in [4.78, 5) is 4.01. The maximum Gasteiger partial charge on any atom is 0.198 e. The second-order valence-corrected chi connectivity index (χ2v) is 9.27. The summed E-state index contributed by atoms with van der Waals surface area (Å²) in [5, 5.41) is 0.0980. The Balaban J connectivity index is 1.71. The monoisotopic (exact) mass is 403 g/mol. The highest BCUT2D eigenvalue weighted by Gasteiger charge is 2.34. The van der Waals surface area contributed by atoms with E-state index in [4.69, 9.17) is 9.47 Å². The number of hydrogen-bond acceptors (Lipinski definition) is 5. The maximum absolute atomic E-state index is 12.8. The van der Waals surface area contributed by atoms with E-state index in [0.29, 0.717) is 6.42 Å². The van der Waals surface area contributed by atoms with Gasteiger partial charge in [-0.1, -0.05) is 69.0 Å². The molecule has 0 N–H and O–H groups in total. The Kier molecular flexibility index (Phi) is 7.59. The van der Waals surface area contributed by atoms with Crippen LogP contribution in [0.4, 0.5) is 0 Å². The van der Waals surface area contributed by atoms with Crippen molar-refractivity contribution in [3.63, 3.8) is 0 Å². The van der Waals surface area contributed by atoms with Gasteiger partial charge in [-0.3, -0.25) is 0 Å². The number of rotatable bonds is 9. The lowest BCUT2D eigenvalue weighted by Crippen LogP contribution is -2.37. The summed E-state index contributed by atoms with van der Waals surface area (Å²) in [6.07, 6.45) is 6.71. The zero-order valence-corrected chi connectivity index (χ0v) is 17.2. The average Bonchev–Trinajstić information content (AvgIpc) is 2.72. The molecule has 152 valence electrons. The van der Waals surface area contributed by atoms with Crippen molar-refractivity contribution in [2.75, 3.05) is 5.75 Å². The van der Waals surface area contributed by atoms with E-state index < -0.39 is 22.2 Å². The molecule has 6 heteroatoms. The highest BCUT2D eigenvalue weighted by Crippen LogP contribution is 2.33. The number of sulfone groups is 1. The van der Waals surface area contributed by atoms with Crippen LogP contribution in [0.3, 0.4) is 0 Å². The zero-order chi connectivity index (χ0) is 19.8. The molecule has 5 nitrogen and oxygen atoms in total. The van der Waals surface area contributed by atoms with Gasteiger partial charge in [-0.15, -0.1) is 0 Å². The summed E-state index contributed by atoms with van der Waals surface area (Å²) >= 11 is 0. The number of benzene rings is 1. The quantitative estimate of drug-likeness (QED) is 0.568. The molecule has 1 aromatic carbocycles. The van der Waals surface area contributed by atoms with Crippen LogP contribution in [0.5, 0.6) is 0 Å². The van der Waals surface area contributed by atoms with Gasteiger partial charge in [0.25, 0.3) is 0 Å². The van der Waals surface area contributed by atoms with Gasteiger partial charge in [0, 0.05) is 18.2 Å². The van der Waals surface area contributed by atoms with Gasteiger partial charge in [0.1, 0.15) is 0 Å². The molecule has 1 aliphatic rings. The number of unbranched alkanes of at least 4 members (excludes halogenated alkanes) is 3. The molecule has 1 saturated heterocycles. The van der Waals surface area contributed by atoms with Crippen LogP contribution in [0.2, 0.25) is 0 Å². The predicted octanol–water partition coefficient (Wildman–Crippen LogP) is 4.70. The number of aromatic nitrogens is 1. The van der Waals surface area contributed by atoms with Crippen molar-refractivity contribution in [3.05, 3.63) is 60.3 Å². The third-order valence-electron chi connectivity index (χ3n) is 4.97. The first-order valence-corrected chi connectivity index (χ1v) is 11.7. The summed E-state index contributed by atoms with van der Waals surface area (Å²) in [6, 6.07) is 14.7. The SMILES string of the molecule is CCCCCC[C@@H]1C[C@H](CS(=O)(=O)c2ccccn2)O[C@H](c2ccccc2)O1. The van der Waals surface area contributed by atoms with Crippen LogP contribution in [-0.2, 0) is 19.3 Å². The Morgan fingerprint density at radius 2 is 1.71 bits per heavy atom. The molecular weight excluding hydrogens is 374 g/mol. The average molecular weight is 404 g/mol. The summed E-state index contributed by atoms with van der Waals surface area (Å²) in [5.74, 6) is -0.0812. The standard InChI is InChI=1S/C22H29NO4S/c1-2-3-4-8-13-19-16-20(17-28(24,25)21-14-9-10-15-23-21)27-22(26-19)18-11-6-5-7-12-18/h5-7,9-12,14-15,19-20,22H,2-4,8,13,16-17H2,1H3/t19-,20-,22-/m1/s1. The Hall–Kier alpha value is -1.76. The Labute approximate surface area is 168 Å². The van der Waals surface area contributed by atoms with E-state index in [1.54, 1.807) is 12.1 Å². The van der Waals surface area contributed by atoms with E-state index in [2.05, 4.69) is 11.9 Å². The molecule has 0 saturated carbocycles. The van der Waals surface area contributed by atoms with Gasteiger partial charge in [-0.25, -0.2) is 13.4 Å². The fourth-order valence-electron chi connectivity index (χ4n) is 3.51. The molecular formula is C22H29NO4S. The fourth-order valence-corrected chi connectivity index (χ4v) is 4.89. The minimum atomic E-state index is -3.51. The molecule has 2 aromatic rings. The number of ether oxygens (including phenoxy) is 2. The lowest BCUT2D eigenvalue weighted by molar-refractivity contribution is -0.244. The maximum atomic E-state index is 12.8. The van der Waals surface area contributed by atoms with Crippen molar-refractivity contribution >= 4 is 9.84 Å². The Morgan fingerprint density at radius 1 is 0.964 bits per heavy atom. The summed E-state index contributed by atoms with van der Waals surface area (Å²) < 4.78 is 37.8. The van der Waals surface area contributed by atoms with E-state index in [9.17, 15) is 8.42 Å². The topological polar surface area (TPSA) is 65.5 Å². The van der Waals surface area contributed by atoms with Crippen molar-refractivity contribution < 1.29 is 17.9 Å². The molecule has 0 aliphatic carbocycles. The van der Waals surface area contributed by atoms with E-state index >= 15 is 0 Å². The Morgan fingerprint density at radius 3 is 2.43 bits per heavy atom. The molecule has 0 radical (unpaired) electrons. The molecule has 28 heavy (non-hydrogen) atoms. The first kappa shape index (κ1) is 21.0. The van der Waals surface area contributed by atoms with Gasteiger partial charge >= 0.3 is 0 Å². The van der Waals surface area contributed by atoms with Crippen molar-refractivity contribution in [2.24, 2.45) is 0 Å². The van der Waals surface area contributed by atoms with Crippen LogP contribution < -0.4 is 0 Å². The summed E-state index contributed by atoms with van der Waals surface area (Å²) in [5.41, 5.74) is 0.918. The molecule has 1 fully saturated rings. The first-order valence-electron chi connectivity index (χ1n) is 10.1. The van der Waals surface area contributed by atoms with Crippen LogP contribution in [0.15, 0.2) is 59.8 Å². The fraction of sp³-hybridized carbons (Fsp3) is 0.500. The van der Waals surface area contributed by atoms with Crippen molar-refractivity contribution in [1.82, 2.24) is 4.98 Å². The molecule has 2 heterocycles. The minimum absolute atomic E-state index is 0.000236. The third kappa shape index (κ3) is 5.87. The largest absolute Gasteiger partial charge is 0.345 e. The highest BCUT2D eigenvalue weighted by molar-refractivity contribution is 7.91. The van der Waals surface area contributed by atoms with Gasteiger partial charge in [0.2, 0.25) is 0 Å². The second kappa shape index (κ2) is 10.1. The summed E-state index contributed by atoms with van der Waals surface area (Å²) in [6.45, 7) is 2.19. The highest BCUT2D eigenvalue weighted by atomic mass is 32.2. The zero-order valence-electron chi connectivity index (χ0n) is 16.4. The molecule has 1 aliphatic heterocycles. The molecule has 0 spiro atoms. The summed E-state index contributed by atoms with van der Waals surface area (Å²) in [7, 11) is -3.51. The lowest BCUT2D eigenvalue weighted by atomic mass is 10.0. The second-order valence-electron chi connectivity index (χ2n) is 7.29. The van der Waals surface area contributed by atoms with E-state index in [1.807, 2.05) is 30.3 Å². The van der Waals surface area contributed by atoms with Gasteiger partial charge in [0.05, 0.1) is 18.0 Å². The molecule has 0 amide bonds. The van der Waals surface area contributed by atoms with Gasteiger partial charge in [-0.05, 0) is 18.6 Å². The lowest BCUT2D eigenvalue weighted by Gasteiger charge is -2.36. The number of pyridine rings is 1. The van der Waals surface area contributed by atoms with E-state index in [-0.39, 0.29) is 16.9 Å². The van der Waals surface area contributed by atoms with Gasteiger partial charge in [-0.2, -0.15) is 0 Å². The normalized spacial score (nSPS) is 22.8. The van der Waals surface area contributed by atoms with Crippen LogP contribution in [0.25, 0.3) is 0 Å². The molecule has 0 bridgehead atoms. The van der Waals surface area contributed by atoms with Crippen LogP contribution in [-0.4, -0.2) is 31.4 Å². The molecule has 3 rings (SSSR count). The predicted molar refractivity (Wildman–Crippen MR) is 109 cm³/mol. The van der Waals surface area contributed by atoms with Crippen LogP contribution >= 0.6 is 0 Å². The molecule has 0 unspecified atom stereocenters. The number of hydrogen-bond donors (Lipinski definition) is 0. The van der Waals surface area contributed by atoms with Gasteiger partial charge < -0.3 is 9.47 Å². The van der Waals surface area contributed by atoms with Gasteiger partial charge in [0.15, 0.2) is 21.2 Å². The Bertz CT molecular complexity index is 811. The van der Waals surface area contributed by atoms with Crippen molar-refractivity contribution in [2.45, 2.75) is 69.0 Å². The van der Waals surface area contributed by atoms with Crippen molar-refractivity contribution in [1.29, 1.82) is 0 Å². The van der Waals surface area contributed by atoms with E-state index in [0.717, 1.165) is 18.4 Å². The smallest absolute Gasteiger partial charge is 0.198 e. The van der Waals surface area contributed by atoms with Crippen molar-refractivity contribution in [3.8, 4) is 0 Å².